The number of nitrogen functional groups attached to an aromatic ring is 1. The number of benzene rings is 2. The van der Waals surface area contributed by atoms with E-state index in [1.165, 1.54) is 28.3 Å². The van der Waals surface area contributed by atoms with Crippen molar-refractivity contribution < 1.29 is 14.0 Å². The summed E-state index contributed by atoms with van der Waals surface area (Å²) in [5, 5.41) is 13.9. The smallest absolute Gasteiger partial charge is 0.329 e. The first kappa shape index (κ1) is 27.6. The number of imide groups is 1. The Morgan fingerprint density at radius 3 is 2.62 bits per heavy atom. The predicted octanol–water partition coefficient (Wildman–Crippen LogP) is 4.64. The number of nitrogens with two attached hydrogens (primary N) is 1. The molecular formula is C29H32FN7O2S. The number of urea groups is 1. The summed E-state index contributed by atoms with van der Waals surface area (Å²) in [5.41, 5.74) is 8.45. The highest BCUT2D eigenvalue weighted by Gasteiger charge is 2.29. The van der Waals surface area contributed by atoms with Crippen LogP contribution >= 0.6 is 11.8 Å². The molecule has 0 unspecified atom stereocenters. The molecule has 2 saturated heterocycles. The zero-order valence-electron chi connectivity index (χ0n) is 22.2. The van der Waals surface area contributed by atoms with E-state index in [1.54, 1.807) is 13.1 Å². The van der Waals surface area contributed by atoms with Gasteiger partial charge in [0, 0.05) is 48.0 Å². The van der Waals surface area contributed by atoms with Crippen molar-refractivity contribution >= 4 is 41.0 Å². The van der Waals surface area contributed by atoms with E-state index in [-0.39, 0.29) is 30.4 Å². The van der Waals surface area contributed by atoms with E-state index in [2.05, 4.69) is 27.7 Å². The van der Waals surface area contributed by atoms with Gasteiger partial charge >= 0.3 is 6.03 Å². The summed E-state index contributed by atoms with van der Waals surface area (Å²) in [6, 6.07) is 16.4. The van der Waals surface area contributed by atoms with Crippen molar-refractivity contribution in [2.75, 3.05) is 37.7 Å². The molecule has 5 rings (SSSR count). The van der Waals surface area contributed by atoms with Gasteiger partial charge in [-0.2, -0.15) is 0 Å². The standard InChI is InChI=1S/C29H32FN7O2S/c1-33-28-22(27(32)37-14-11-26(38)35-29(37)39)6-8-25(34-28)19-9-12-36(13-10-19)17-18-3-2-4-20(15-18)40-21-5-7-24(31)23(30)16-21/h2-8,15-16,19,32H,9-14,17,31H2,1H3,(H,33,34)(H,35,38,39). The van der Waals surface area contributed by atoms with Crippen molar-refractivity contribution in [1.29, 1.82) is 5.41 Å². The predicted molar refractivity (Wildman–Crippen MR) is 154 cm³/mol. The monoisotopic (exact) mass is 561 g/mol. The summed E-state index contributed by atoms with van der Waals surface area (Å²) in [4.78, 5) is 34.1. The fourth-order valence-corrected chi connectivity index (χ4v) is 5.99. The highest BCUT2D eigenvalue weighted by Crippen LogP contribution is 2.32. The van der Waals surface area contributed by atoms with E-state index in [0.29, 0.717) is 17.3 Å². The van der Waals surface area contributed by atoms with Gasteiger partial charge in [-0.05, 0) is 74.0 Å². The Morgan fingerprint density at radius 2 is 1.90 bits per heavy atom. The number of pyridine rings is 1. The molecule has 2 fully saturated rings. The number of piperidine rings is 1. The first-order valence-corrected chi connectivity index (χ1v) is 14.1. The second-order valence-corrected chi connectivity index (χ2v) is 11.1. The van der Waals surface area contributed by atoms with Gasteiger partial charge in [0.1, 0.15) is 17.5 Å². The second-order valence-electron chi connectivity index (χ2n) is 9.97. The van der Waals surface area contributed by atoms with Crippen molar-refractivity contribution in [2.24, 2.45) is 0 Å². The molecule has 0 spiro atoms. The number of nitrogens with one attached hydrogen (secondary N) is 3. The Kier molecular flexibility index (Phi) is 8.32. The van der Waals surface area contributed by atoms with Crippen molar-refractivity contribution in [3.05, 3.63) is 77.2 Å². The summed E-state index contributed by atoms with van der Waals surface area (Å²) in [5.74, 6) is 0.129. The highest BCUT2D eigenvalue weighted by atomic mass is 32.2. The van der Waals surface area contributed by atoms with Crippen molar-refractivity contribution in [3.8, 4) is 0 Å². The van der Waals surface area contributed by atoms with Gasteiger partial charge in [-0.3, -0.25) is 25.3 Å². The third kappa shape index (κ3) is 6.26. The van der Waals surface area contributed by atoms with Gasteiger partial charge in [-0.25, -0.2) is 14.2 Å². The number of hydrogen-bond donors (Lipinski definition) is 4. The van der Waals surface area contributed by atoms with Gasteiger partial charge in [-0.15, -0.1) is 0 Å². The van der Waals surface area contributed by atoms with E-state index in [0.717, 1.165) is 48.0 Å². The number of anilines is 2. The Labute approximate surface area is 236 Å². The molecule has 9 nitrogen and oxygen atoms in total. The Balaban J connectivity index is 1.19. The molecule has 0 bridgehead atoms. The molecule has 208 valence electrons. The van der Waals surface area contributed by atoms with E-state index in [1.807, 2.05) is 30.3 Å². The number of rotatable bonds is 7. The number of carbonyl (C=O) groups is 2. The topological polar surface area (TPSA) is 127 Å². The van der Waals surface area contributed by atoms with Gasteiger partial charge in [0.05, 0.1) is 11.3 Å². The first-order valence-electron chi connectivity index (χ1n) is 13.2. The van der Waals surface area contributed by atoms with Crippen molar-refractivity contribution in [3.63, 3.8) is 0 Å². The van der Waals surface area contributed by atoms with E-state index in [4.69, 9.17) is 16.1 Å². The molecule has 2 aliphatic heterocycles. The third-order valence-corrected chi connectivity index (χ3v) is 8.23. The molecule has 5 N–H and O–H groups in total. The number of likely N-dealkylation sites (tertiary alicyclic amines) is 1. The molecule has 11 heteroatoms. The number of carbonyl (C=O) groups excluding carboxylic acids is 2. The quantitative estimate of drug-likeness (QED) is 0.188. The highest BCUT2D eigenvalue weighted by molar-refractivity contribution is 7.99. The molecule has 3 aromatic rings. The summed E-state index contributed by atoms with van der Waals surface area (Å²) in [7, 11) is 1.75. The van der Waals surface area contributed by atoms with Gasteiger partial charge in [0.15, 0.2) is 0 Å². The largest absolute Gasteiger partial charge is 0.396 e. The van der Waals surface area contributed by atoms with Crippen LogP contribution in [-0.2, 0) is 11.3 Å². The Bertz CT molecular complexity index is 1440. The van der Waals surface area contributed by atoms with Crippen LogP contribution in [0.2, 0.25) is 0 Å². The zero-order chi connectivity index (χ0) is 28.2. The maximum atomic E-state index is 13.8. The molecule has 3 heterocycles. The van der Waals surface area contributed by atoms with Crippen LogP contribution in [0.25, 0.3) is 0 Å². The number of nitrogens with zero attached hydrogens (tertiary/aromatic N) is 3. The van der Waals surface area contributed by atoms with E-state index >= 15 is 0 Å². The molecule has 3 amide bonds. The molecule has 1 aromatic heterocycles. The average Bonchev–Trinajstić information content (AvgIpc) is 2.95. The van der Waals surface area contributed by atoms with Gasteiger partial charge in [-0.1, -0.05) is 23.9 Å². The SMILES string of the molecule is CNc1nc(C2CCN(Cc3cccc(Sc4ccc(N)c(F)c4)c3)CC2)ccc1C(=N)N1CCC(=O)NC1=O. The van der Waals surface area contributed by atoms with E-state index < -0.39 is 11.8 Å². The van der Waals surface area contributed by atoms with Crippen LogP contribution in [0.1, 0.15) is 42.0 Å². The fourth-order valence-electron chi connectivity index (χ4n) is 5.07. The molecule has 0 atom stereocenters. The first-order chi connectivity index (χ1) is 19.3. The second kappa shape index (κ2) is 12.1. The number of amidine groups is 1. The van der Waals surface area contributed by atoms with Gasteiger partial charge < -0.3 is 11.1 Å². The average molecular weight is 562 g/mol. The molecule has 0 radical (unpaired) electrons. The summed E-state index contributed by atoms with van der Waals surface area (Å²) >= 11 is 1.52. The van der Waals surface area contributed by atoms with Crippen LogP contribution in [0.15, 0.2) is 64.4 Å². The van der Waals surface area contributed by atoms with Gasteiger partial charge in [0.2, 0.25) is 5.91 Å². The molecule has 0 aliphatic carbocycles. The lowest BCUT2D eigenvalue weighted by atomic mass is 9.92. The Morgan fingerprint density at radius 1 is 1.12 bits per heavy atom. The van der Waals surface area contributed by atoms with Crippen molar-refractivity contribution in [2.45, 2.75) is 41.5 Å². The molecule has 40 heavy (non-hydrogen) atoms. The fraction of sp³-hybridized carbons (Fsp3) is 0.310. The normalized spacial score (nSPS) is 16.6. The summed E-state index contributed by atoms with van der Waals surface area (Å²) in [6.07, 6.45) is 2.09. The van der Waals surface area contributed by atoms with Crippen molar-refractivity contribution in [1.82, 2.24) is 20.1 Å². The van der Waals surface area contributed by atoms with E-state index in [9.17, 15) is 14.0 Å². The number of aromatic nitrogens is 1. The van der Waals surface area contributed by atoms with Crippen LogP contribution in [0.3, 0.4) is 0 Å². The summed E-state index contributed by atoms with van der Waals surface area (Å²) in [6.45, 7) is 2.87. The Hall–Kier alpha value is -3.96. The molecule has 2 aromatic carbocycles. The molecule has 0 saturated carbocycles. The number of halogens is 1. The van der Waals surface area contributed by atoms with Crippen LogP contribution in [0, 0.1) is 11.2 Å². The summed E-state index contributed by atoms with van der Waals surface area (Å²) < 4.78 is 13.8. The van der Waals surface area contributed by atoms with Crippen LogP contribution < -0.4 is 16.4 Å². The van der Waals surface area contributed by atoms with Crippen LogP contribution in [-0.4, -0.2) is 59.2 Å². The lowest BCUT2D eigenvalue weighted by Gasteiger charge is -2.32. The molecule has 2 aliphatic rings. The maximum absolute atomic E-state index is 13.8. The van der Waals surface area contributed by atoms with Crippen LogP contribution in [0.5, 0.6) is 0 Å². The third-order valence-electron chi connectivity index (χ3n) is 7.25. The van der Waals surface area contributed by atoms with Crippen LogP contribution in [0.4, 0.5) is 20.7 Å². The lowest BCUT2D eigenvalue weighted by molar-refractivity contribution is -0.121. The minimum atomic E-state index is -0.581. The minimum Gasteiger partial charge on any atom is -0.396 e. The molecular weight excluding hydrogens is 529 g/mol. The number of hydrogen-bond acceptors (Lipinski definition) is 8. The lowest BCUT2D eigenvalue weighted by Crippen LogP contribution is -2.52. The maximum Gasteiger partial charge on any atom is 0.329 e. The minimum absolute atomic E-state index is 0.0187. The zero-order valence-corrected chi connectivity index (χ0v) is 23.1. The van der Waals surface area contributed by atoms with Gasteiger partial charge in [0.25, 0.3) is 0 Å². The number of amides is 3.